The fraction of sp³-hybridized carbons (Fsp3) is 0.367. The average molecular weight is 536 g/mol. The van der Waals surface area contributed by atoms with Crippen LogP contribution in [-0.2, 0) is 23.9 Å². The van der Waals surface area contributed by atoms with E-state index < -0.39 is 17.9 Å². The van der Waals surface area contributed by atoms with Crippen LogP contribution in [0.5, 0.6) is 17.2 Å². The van der Waals surface area contributed by atoms with E-state index in [1.807, 2.05) is 24.3 Å². The number of carbonyl (C=O) groups excluding carboxylic acids is 3. The normalized spacial score (nSPS) is 18.7. The van der Waals surface area contributed by atoms with Crippen molar-refractivity contribution in [1.29, 1.82) is 0 Å². The molecular formula is C30H33NO8. The van der Waals surface area contributed by atoms with Crippen molar-refractivity contribution in [3.05, 3.63) is 76.1 Å². The first kappa shape index (κ1) is 27.9. The second kappa shape index (κ2) is 12.2. The maximum absolute atomic E-state index is 13.8. The van der Waals surface area contributed by atoms with Crippen LogP contribution in [0.1, 0.15) is 49.7 Å². The molecule has 0 saturated carbocycles. The number of carbonyl (C=O) groups is 3. The molecule has 1 aliphatic carbocycles. The minimum atomic E-state index is -0.694. The van der Waals surface area contributed by atoms with Crippen LogP contribution in [0.3, 0.4) is 0 Å². The highest BCUT2D eigenvalue weighted by Crippen LogP contribution is 2.47. The Morgan fingerprint density at radius 2 is 1.64 bits per heavy atom. The molecule has 0 radical (unpaired) electrons. The predicted molar refractivity (Wildman–Crippen MR) is 143 cm³/mol. The van der Waals surface area contributed by atoms with Gasteiger partial charge in [-0.25, -0.2) is 4.79 Å². The van der Waals surface area contributed by atoms with Crippen molar-refractivity contribution >= 4 is 17.7 Å². The summed E-state index contributed by atoms with van der Waals surface area (Å²) in [5.41, 5.74) is 3.91. The Morgan fingerprint density at radius 3 is 2.28 bits per heavy atom. The number of benzene rings is 2. The number of hydrogen-bond donors (Lipinski definition) is 1. The van der Waals surface area contributed by atoms with Gasteiger partial charge < -0.3 is 29.0 Å². The van der Waals surface area contributed by atoms with Crippen molar-refractivity contribution in [1.82, 2.24) is 5.32 Å². The van der Waals surface area contributed by atoms with E-state index in [9.17, 15) is 14.4 Å². The number of allylic oxidation sites excluding steroid dienone is 3. The molecule has 2 aromatic rings. The van der Waals surface area contributed by atoms with Gasteiger partial charge >= 0.3 is 11.9 Å². The lowest BCUT2D eigenvalue weighted by molar-refractivity contribution is -0.140. The standard InChI is InChI=1S/C30H33NO8/c1-17-27(30(34)38-13-12-35-3)28(20-8-11-25(39-18(2)32)26(16-20)37-5)29-23(31-17)14-21(15-24(29)33)19-6-9-22(36-4)10-7-19/h6-11,16,21,28,31H,12-15H2,1-5H3. The molecule has 9 nitrogen and oxygen atoms in total. The predicted octanol–water partition coefficient (Wildman–Crippen LogP) is 4.18. The summed E-state index contributed by atoms with van der Waals surface area (Å²) >= 11 is 0. The Labute approximate surface area is 227 Å². The third-order valence-electron chi connectivity index (χ3n) is 6.93. The summed E-state index contributed by atoms with van der Waals surface area (Å²) < 4.78 is 26.5. The second-order valence-electron chi connectivity index (χ2n) is 9.42. The van der Waals surface area contributed by atoms with Gasteiger partial charge in [-0.2, -0.15) is 0 Å². The van der Waals surface area contributed by atoms with E-state index in [0.717, 1.165) is 17.0 Å². The van der Waals surface area contributed by atoms with Crippen LogP contribution >= 0.6 is 0 Å². The van der Waals surface area contributed by atoms with Crippen molar-refractivity contribution in [2.24, 2.45) is 0 Å². The molecule has 2 aliphatic rings. The fourth-order valence-corrected chi connectivity index (χ4v) is 5.15. The number of ether oxygens (including phenoxy) is 5. The van der Waals surface area contributed by atoms with Gasteiger partial charge in [-0.3, -0.25) is 9.59 Å². The molecule has 206 valence electrons. The molecule has 4 rings (SSSR count). The van der Waals surface area contributed by atoms with Crippen LogP contribution in [-0.4, -0.2) is 52.3 Å². The maximum atomic E-state index is 13.8. The lowest BCUT2D eigenvalue weighted by Gasteiger charge is -2.36. The lowest BCUT2D eigenvalue weighted by Crippen LogP contribution is -2.36. The summed E-state index contributed by atoms with van der Waals surface area (Å²) in [6.07, 6.45) is 0.882. The van der Waals surface area contributed by atoms with E-state index >= 15 is 0 Å². The SMILES string of the molecule is COCCOC(=O)C1=C(C)NC2=C(C(=O)CC(c3ccc(OC)cc3)C2)C1c1ccc(OC(C)=O)c(OC)c1. The molecule has 2 atom stereocenters. The van der Waals surface area contributed by atoms with E-state index in [4.69, 9.17) is 23.7 Å². The number of methoxy groups -OCH3 is 3. The molecule has 0 aromatic heterocycles. The molecule has 39 heavy (non-hydrogen) atoms. The molecule has 2 unspecified atom stereocenters. The summed E-state index contributed by atoms with van der Waals surface area (Å²) in [4.78, 5) is 38.7. The van der Waals surface area contributed by atoms with E-state index in [1.165, 1.54) is 21.1 Å². The van der Waals surface area contributed by atoms with Crippen molar-refractivity contribution in [3.63, 3.8) is 0 Å². The summed E-state index contributed by atoms with van der Waals surface area (Å²) in [6.45, 7) is 3.43. The van der Waals surface area contributed by atoms with Gasteiger partial charge in [0.1, 0.15) is 12.4 Å². The number of nitrogens with one attached hydrogen (secondary N) is 1. The van der Waals surface area contributed by atoms with Gasteiger partial charge in [0.15, 0.2) is 17.3 Å². The number of ketones is 1. The van der Waals surface area contributed by atoms with Crippen LogP contribution in [0, 0.1) is 0 Å². The minimum absolute atomic E-state index is 0.0285. The number of esters is 2. The third-order valence-corrected chi connectivity index (χ3v) is 6.93. The van der Waals surface area contributed by atoms with E-state index in [1.54, 1.807) is 32.2 Å². The Hall–Kier alpha value is -4.11. The zero-order valence-electron chi connectivity index (χ0n) is 22.8. The van der Waals surface area contributed by atoms with Crippen molar-refractivity contribution < 1.29 is 38.1 Å². The first-order chi connectivity index (χ1) is 18.8. The van der Waals surface area contributed by atoms with Gasteiger partial charge in [-0.1, -0.05) is 18.2 Å². The lowest BCUT2D eigenvalue weighted by atomic mass is 9.71. The summed E-state index contributed by atoms with van der Waals surface area (Å²) in [5, 5.41) is 3.34. The van der Waals surface area contributed by atoms with E-state index in [-0.39, 0.29) is 37.1 Å². The van der Waals surface area contributed by atoms with E-state index in [0.29, 0.717) is 34.6 Å². The number of Topliss-reactive ketones (excluding diaryl/α,β-unsaturated/α-hetero) is 1. The van der Waals surface area contributed by atoms with Gasteiger partial charge in [0.25, 0.3) is 0 Å². The van der Waals surface area contributed by atoms with Gasteiger partial charge in [0, 0.05) is 43.3 Å². The third kappa shape index (κ3) is 5.98. The van der Waals surface area contributed by atoms with Gasteiger partial charge in [-0.15, -0.1) is 0 Å². The molecule has 1 heterocycles. The second-order valence-corrected chi connectivity index (χ2v) is 9.42. The van der Waals surface area contributed by atoms with Gasteiger partial charge in [0.2, 0.25) is 0 Å². The summed E-state index contributed by atoms with van der Waals surface area (Å²) in [6, 6.07) is 12.8. The largest absolute Gasteiger partial charge is 0.497 e. The Morgan fingerprint density at radius 1 is 0.923 bits per heavy atom. The van der Waals surface area contributed by atoms with Crippen LogP contribution in [0.4, 0.5) is 0 Å². The first-order valence-corrected chi connectivity index (χ1v) is 12.7. The van der Waals surface area contributed by atoms with Crippen LogP contribution < -0.4 is 19.5 Å². The number of rotatable bonds is 9. The molecule has 0 spiro atoms. The van der Waals surface area contributed by atoms with Gasteiger partial charge in [-0.05, 0) is 54.7 Å². The monoisotopic (exact) mass is 535 g/mol. The van der Waals surface area contributed by atoms with Crippen molar-refractivity contribution in [2.75, 3.05) is 34.5 Å². The molecular weight excluding hydrogens is 502 g/mol. The smallest absolute Gasteiger partial charge is 0.336 e. The molecule has 0 bridgehead atoms. The van der Waals surface area contributed by atoms with Crippen molar-refractivity contribution in [2.45, 2.75) is 38.5 Å². The van der Waals surface area contributed by atoms with Crippen LogP contribution in [0.15, 0.2) is 65.0 Å². The summed E-state index contributed by atoms with van der Waals surface area (Å²) in [7, 11) is 4.60. The molecule has 0 fully saturated rings. The topological polar surface area (TPSA) is 109 Å². The van der Waals surface area contributed by atoms with Crippen LogP contribution in [0.25, 0.3) is 0 Å². The zero-order valence-corrected chi connectivity index (χ0v) is 22.8. The summed E-state index contributed by atoms with van der Waals surface area (Å²) in [5.74, 6) is -0.505. The number of dihydropyridines is 1. The Kier molecular flexibility index (Phi) is 8.71. The Balaban J connectivity index is 1.77. The molecule has 0 saturated heterocycles. The highest BCUT2D eigenvalue weighted by molar-refractivity contribution is 6.04. The Bertz CT molecular complexity index is 1320. The number of hydrogen-bond acceptors (Lipinski definition) is 9. The molecule has 9 heteroatoms. The molecule has 2 aromatic carbocycles. The quantitative estimate of drug-likeness (QED) is 0.287. The van der Waals surface area contributed by atoms with Crippen LogP contribution in [0.2, 0.25) is 0 Å². The zero-order chi connectivity index (χ0) is 28.1. The van der Waals surface area contributed by atoms with E-state index in [2.05, 4.69) is 5.32 Å². The highest BCUT2D eigenvalue weighted by atomic mass is 16.6. The molecule has 0 amide bonds. The first-order valence-electron chi connectivity index (χ1n) is 12.7. The molecule has 1 aliphatic heterocycles. The highest BCUT2D eigenvalue weighted by Gasteiger charge is 2.41. The average Bonchev–Trinajstić information content (AvgIpc) is 2.92. The van der Waals surface area contributed by atoms with Crippen molar-refractivity contribution in [3.8, 4) is 17.2 Å². The molecule has 1 N–H and O–H groups in total. The minimum Gasteiger partial charge on any atom is -0.497 e. The maximum Gasteiger partial charge on any atom is 0.336 e. The fourth-order valence-electron chi connectivity index (χ4n) is 5.15. The van der Waals surface area contributed by atoms with Gasteiger partial charge in [0.05, 0.1) is 26.4 Å².